The van der Waals surface area contributed by atoms with Crippen molar-refractivity contribution in [1.29, 1.82) is 0 Å². The fourth-order valence-electron chi connectivity index (χ4n) is 2.33. The maximum atomic E-state index is 13.0. The molecule has 2 aromatic carbocycles. The Balaban J connectivity index is 2.31. The number of nitrogens with one attached hydrogen (secondary N) is 1. The third kappa shape index (κ3) is 4.36. The molecule has 134 valence electrons. The van der Waals surface area contributed by atoms with Crippen LogP contribution in [0, 0.1) is 5.82 Å². The third-order valence-electron chi connectivity index (χ3n) is 3.95. The summed E-state index contributed by atoms with van der Waals surface area (Å²) < 4.78 is 52.0. The number of nitrogens with two attached hydrogens (primary N) is 1. The first-order valence-electron chi connectivity index (χ1n) is 7.53. The van der Waals surface area contributed by atoms with Gasteiger partial charge < -0.3 is 11.1 Å². The SMILES string of the molecule is CC(C)(C(=O)Nc1cc(CN)cc(C(F)(F)F)c1)c1ccc(F)cc1. The molecular formula is C18H18F4N2O. The Kier molecular flexibility index (Phi) is 5.17. The molecule has 0 aromatic heterocycles. The lowest BCUT2D eigenvalue weighted by molar-refractivity contribution is -0.137. The Labute approximate surface area is 142 Å². The van der Waals surface area contributed by atoms with Gasteiger partial charge in [-0.15, -0.1) is 0 Å². The first-order valence-corrected chi connectivity index (χ1v) is 7.53. The monoisotopic (exact) mass is 354 g/mol. The molecule has 0 fully saturated rings. The fourth-order valence-corrected chi connectivity index (χ4v) is 2.33. The van der Waals surface area contributed by atoms with Gasteiger partial charge >= 0.3 is 6.18 Å². The number of anilines is 1. The summed E-state index contributed by atoms with van der Waals surface area (Å²) in [6.07, 6.45) is -4.54. The number of halogens is 4. The molecule has 2 aromatic rings. The molecule has 0 aliphatic carbocycles. The number of rotatable bonds is 4. The number of benzene rings is 2. The van der Waals surface area contributed by atoms with Crippen molar-refractivity contribution in [1.82, 2.24) is 0 Å². The summed E-state index contributed by atoms with van der Waals surface area (Å²) in [5.74, 6) is -0.952. The molecule has 0 aliphatic heterocycles. The van der Waals surface area contributed by atoms with Crippen LogP contribution in [-0.4, -0.2) is 5.91 Å². The van der Waals surface area contributed by atoms with Crippen LogP contribution < -0.4 is 11.1 Å². The molecule has 0 heterocycles. The molecule has 0 aliphatic rings. The maximum absolute atomic E-state index is 13.0. The summed E-state index contributed by atoms with van der Waals surface area (Å²) in [6.45, 7) is 3.12. The van der Waals surface area contributed by atoms with Gasteiger partial charge in [0.05, 0.1) is 11.0 Å². The van der Waals surface area contributed by atoms with Gasteiger partial charge in [0.2, 0.25) is 5.91 Å². The van der Waals surface area contributed by atoms with E-state index < -0.39 is 28.9 Å². The zero-order chi connectivity index (χ0) is 18.8. The van der Waals surface area contributed by atoms with Crippen LogP contribution in [0.1, 0.15) is 30.5 Å². The first kappa shape index (κ1) is 18.9. The molecule has 7 heteroatoms. The number of carbonyl (C=O) groups excluding carboxylic acids is 1. The van der Waals surface area contributed by atoms with Crippen LogP contribution in [0.3, 0.4) is 0 Å². The van der Waals surface area contributed by atoms with Gasteiger partial charge in [-0.3, -0.25) is 4.79 Å². The van der Waals surface area contributed by atoms with Crippen molar-refractivity contribution in [3.63, 3.8) is 0 Å². The highest BCUT2D eigenvalue weighted by atomic mass is 19.4. The van der Waals surface area contributed by atoms with Crippen molar-refractivity contribution in [2.24, 2.45) is 5.73 Å². The molecule has 0 saturated heterocycles. The largest absolute Gasteiger partial charge is 0.416 e. The lowest BCUT2D eigenvalue weighted by Crippen LogP contribution is -2.34. The predicted molar refractivity (Wildman–Crippen MR) is 87.4 cm³/mol. The second kappa shape index (κ2) is 6.84. The van der Waals surface area contributed by atoms with Crippen LogP contribution >= 0.6 is 0 Å². The van der Waals surface area contributed by atoms with E-state index in [2.05, 4.69) is 5.32 Å². The van der Waals surface area contributed by atoms with E-state index in [0.717, 1.165) is 12.1 Å². The standard InChI is InChI=1S/C18H18F4N2O/c1-17(2,12-3-5-14(19)6-4-12)16(25)24-15-8-11(10-23)7-13(9-15)18(20,21)22/h3-9H,10,23H2,1-2H3,(H,24,25). The van der Waals surface area contributed by atoms with Crippen molar-refractivity contribution in [2.75, 3.05) is 5.32 Å². The van der Waals surface area contributed by atoms with Gasteiger partial charge in [-0.1, -0.05) is 12.1 Å². The average Bonchev–Trinajstić information content (AvgIpc) is 2.54. The number of alkyl halides is 3. The minimum absolute atomic E-state index is 0.00969. The van der Waals surface area contributed by atoms with Gasteiger partial charge in [0.1, 0.15) is 5.82 Å². The summed E-state index contributed by atoms with van der Waals surface area (Å²) in [5, 5.41) is 2.49. The number of hydrogen-bond donors (Lipinski definition) is 2. The summed E-state index contributed by atoms with van der Waals surface area (Å²) in [7, 11) is 0. The smallest absolute Gasteiger partial charge is 0.326 e. The van der Waals surface area contributed by atoms with Crippen LogP contribution in [0.4, 0.5) is 23.2 Å². The molecule has 0 unspecified atom stereocenters. The number of amides is 1. The van der Waals surface area contributed by atoms with Crippen LogP contribution in [0.15, 0.2) is 42.5 Å². The Hall–Kier alpha value is -2.41. The molecule has 1 amide bonds. The normalized spacial score (nSPS) is 12.1. The highest BCUT2D eigenvalue weighted by Crippen LogP contribution is 2.33. The van der Waals surface area contributed by atoms with Gasteiger partial charge in [-0.2, -0.15) is 13.2 Å². The van der Waals surface area contributed by atoms with Crippen LogP contribution in [0.2, 0.25) is 0 Å². The van der Waals surface area contributed by atoms with E-state index in [1.165, 1.54) is 30.3 Å². The fraction of sp³-hybridized carbons (Fsp3) is 0.278. The van der Waals surface area contributed by atoms with Crippen molar-refractivity contribution < 1.29 is 22.4 Å². The van der Waals surface area contributed by atoms with Crippen molar-refractivity contribution in [2.45, 2.75) is 32.0 Å². The number of carbonyl (C=O) groups is 1. The topological polar surface area (TPSA) is 55.1 Å². The Bertz CT molecular complexity index is 768. The highest BCUT2D eigenvalue weighted by molar-refractivity contribution is 5.98. The molecule has 3 nitrogen and oxygen atoms in total. The Morgan fingerprint density at radius 1 is 1.04 bits per heavy atom. The van der Waals surface area contributed by atoms with E-state index in [1.807, 2.05) is 0 Å². The molecule has 0 bridgehead atoms. The summed E-state index contributed by atoms with van der Waals surface area (Å²) in [4.78, 5) is 12.6. The summed E-state index contributed by atoms with van der Waals surface area (Å²) >= 11 is 0. The van der Waals surface area contributed by atoms with Crippen LogP contribution in [0.25, 0.3) is 0 Å². The van der Waals surface area contributed by atoms with Gasteiger partial charge in [0.15, 0.2) is 0 Å². The molecule has 0 saturated carbocycles. The molecule has 25 heavy (non-hydrogen) atoms. The molecular weight excluding hydrogens is 336 g/mol. The molecule has 3 N–H and O–H groups in total. The van der Waals surface area contributed by atoms with Crippen molar-refractivity contribution >= 4 is 11.6 Å². The second-order valence-electron chi connectivity index (χ2n) is 6.21. The minimum atomic E-state index is -4.54. The minimum Gasteiger partial charge on any atom is -0.326 e. The zero-order valence-electron chi connectivity index (χ0n) is 13.7. The van der Waals surface area contributed by atoms with Gasteiger partial charge in [0.25, 0.3) is 0 Å². The van der Waals surface area contributed by atoms with Gasteiger partial charge in [0, 0.05) is 12.2 Å². The highest BCUT2D eigenvalue weighted by Gasteiger charge is 2.33. The predicted octanol–water partition coefficient (Wildman–Crippen LogP) is 4.22. The summed E-state index contributed by atoms with van der Waals surface area (Å²) in [6, 6.07) is 8.58. The third-order valence-corrected chi connectivity index (χ3v) is 3.95. The zero-order valence-corrected chi connectivity index (χ0v) is 13.7. The van der Waals surface area contributed by atoms with Crippen molar-refractivity contribution in [3.8, 4) is 0 Å². The lowest BCUT2D eigenvalue weighted by Gasteiger charge is -2.24. The van der Waals surface area contributed by atoms with E-state index in [0.29, 0.717) is 5.56 Å². The van der Waals surface area contributed by atoms with Crippen molar-refractivity contribution in [3.05, 3.63) is 65.0 Å². The van der Waals surface area contributed by atoms with Crippen LogP contribution in [-0.2, 0) is 22.9 Å². The Morgan fingerprint density at radius 2 is 1.64 bits per heavy atom. The van der Waals surface area contributed by atoms with E-state index >= 15 is 0 Å². The van der Waals surface area contributed by atoms with E-state index in [-0.39, 0.29) is 17.8 Å². The summed E-state index contributed by atoms with van der Waals surface area (Å²) in [5.41, 5.74) is 4.29. The molecule has 2 rings (SSSR count). The first-order chi connectivity index (χ1) is 11.5. The average molecular weight is 354 g/mol. The van der Waals surface area contributed by atoms with Crippen LogP contribution in [0.5, 0.6) is 0 Å². The number of hydrogen-bond acceptors (Lipinski definition) is 2. The molecule has 0 spiro atoms. The lowest BCUT2D eigenvalue weighted by atomic mass is 9.83. The quantitative estimate of drug-likeness (QED) is 0.808. The second-order valence-corrected chi connectivity index (χ2v) is 6.21. The van der Waals surface area contributed by atoms with E-state index in [1.54, 1.807) is 13.8 Å². The Morgan fingerprint density at radius 3 is 2.16 bits per heavy atom. The molecule has 0 radical (unpaired) electrons. The van der Waals surface area contributed by atoms with Gasteiger partial charge in [-0.25, -0.2) is 4.39 Å². The molecule has 0 atom stereocenters. The van der Waals surface area contributed by atoms with E-state index in [9.17, 15) is 22.4 Å². The van der Waals surface area contributed by atoms with Gasteiger partial charge in [-0.05, 0) is 55.3 Å². The maximum Gasteiger partial charge on any atom is 0.416 e. The van der Waals surface area contributed by atoms with E-state index in [4.69, 9.17) is 5.73 Å².